The van der Waals surface area contributed by atoms with E-state index >= 15 is 0 Å². The molecule has 2 aliphatic heterocycles. The van der Waals surface area contributed by atoms with E-state index in [9.17, 15) is 14.9 Å². The van der Waals surface area contributed by atoms with Gasteiger partial charge in [-0.25, -0.2) is 0 Å². The summed E-state index contributed by atoms with van der Waals surface area (Å²) in [5.41, 5.74) is 1.31. The molecule has 1 amide bonds. The van der Waals surface area contributed by atoms with Crippen LogP contribution in [0.4, 0.5) is 5.69 Å². The van der Waals surface area contributed by atoms with Crippen LogP contribution >= 0.6 is 23.2 Å². The van der Waals surface area contributed by atoms with Crippen LogP contribution in [-0.2, 0) is 16.9 Å². The van der Waals surface area contributed by atoms with Gasteiger partial charge in [0.1, 0.15) is 12.4 Å². The average molecular weight is 498 g/mol. The van der Waals surface area contributed by atoms with E-state index in [-0.39, 0.29) is 11.0 Å². The largest absolute Gasteiger partial charge is 0.487 e. The molecule has 2 N–H and O–H groups in total. The smallest absolute Gasteiger partial charge is 0.256 e. The third kappa shape index (κ3) is 3.60. The van der Waals surface area contributed by atoms with Crippen LogP contribution in [0.2, 0.25) is 10.0 Å². The Kier molecular flexibility index (Phi) is 5.72. The molecule has 0 saturated carbocycles. The molecule has 0 bridgehead atoms. The number of halogens is 2. The van der Waals surface area contributed by atoms with E-state index in [2.05, 4.69) is 10.6 Å². The summed E-state index contributed by atoms with van der Waals surface area (Å²) < 4.78 is 5.85. The second-order valence-electron chi connectivity index (χ2n) is 8.60. The first kappa shape index (κ1) is 22.7. The van der Waals surface area contributed by atoms with Crippen molar-refractivity contribution in [1.29, 1.82) is 0 Å². The lowest BCUT2D eigenvalue weighted by atomic mass is 9.78. The molecule has 34 heavy (non-hydrogen) atoms. The topological polar surface area (TPSA) is 93.5 Å². The van der Waals surface area contributed by atoms with E-state index in [0.717, 1.165) is 5.56 Å². The van der Waals surface area contributed by atoms with Gasteiger partial charge in [-0.3, -0.25) is 20.2 Å². The SMILES string of the molecule is C[C@@H]1N[C@]2(C(=O)Nc3ccccc32)[C@H]([N+](=O)[O-])[C@H]1c1ccc(OCc2ccc(Cl)cc2)c(Cl)c1. The minimum Gasteiger partial charge on any atom is -0.487 e. The van der Waals surface area contributed by atoms with Crippen molar-refractivity contribution in [2.75, 3.05) is 5.32 Å². The molecule has 1 saturated heterocycles. The maximum Gasteiger partial charge on any atom is 0.256 e. The van der Waals surface area contributed by atoms with Crippen molar-refractivity contribution in [3.63, 3.8) is 0 Å². The Hall–Kier alpha value is -3.13. The summed E-state index contributed by atoms with van der Waals surface area (Å²) in [6, 6.07) is 18.0. The van der Waals surface area contributed by atoms with Gasteiger partial charge in [0.05, 0.1) is 10.9 Å². The molecular formula is C25H21Cl2N3O4. The first-order chi connectivity index (χ1) is 16.3. The fraction of sp³-hybridized carbons (Fsp3) is 0.240. The number of benzene rings is 3. The molecule has 4 atom stereocenters. The molecular weight excluding hydrogens is 477 g/mol. The van der Waals surface area contributed by atoms with Gasteiger partial charge in [0.15, 0.2) is 5.54 Å². The number of hydrogen-bond acceptors (Lipinski definition) is 5. The fourth-order valence-electron chi connectivity index (χ4n) is 5.14. The van der Waals surface area contributed by atoms with Crippen LogP contribution in [0.1, 0.15) is 29.5 Å². The normalized spacial score (nSPS) is 25.3. The zero-order valence-electron chi connectivity index (χ0n) is 18.1. The summed E-state index contributed by atoms with van der Waals surface area (Å²) in [5.74, 6) is -0.538. The highest BCUT2D eigenvalue weighted by molar-refractivity contribution is 6.32. The lowest BCUT2D eigenvalue weighted by Crippen LogP contribution is -2.54. The second-order valence-corrected chi connectivity index (χ2v) is 9.45. The Labute approximate surface area is 206 Å². The predicted octanol–water partition coefficient (Wildman–Crippen LogP) is 5.14. The molecule has 0 radical (unpaired) electrons. The molecule has 2 heterocycles. The highest BCUT2D eigenvalue weighted by Crippen LogP contribution is 2.50. The number of rotatable bonds is 5. The Morgan fingerprint density at radius 3 is 2.53 bits per heavy atom. The molecule has 9 heteroatoms. The molecule has 7 nitrogen and oxygen atoms in total. The van der Waals surface area contributed by atoms with E-state index in [4.69, 9.17) is 27.9 Å². The van der Waals surface area contributed by atoms with Crippen molar-refractivity contribution in [1.82, 2.24) is 5.32 Å². The summed E-state index contributed by atoms with van der Waals surface area (Å²) in [5, 5.41) is 19.5. The van der Waals surface area contributed by atoms with Crippen molar-refractivity contribution >= 4 is 34.8 Å². The molecule has 1 spiro atoms. The third-order valence-corrected chi connectivity index (χ3v) is 7.16. The Balaban J connectivity index is 1.46. The standard InChI is InChI=1S/C25H21Cl2N3O4/c1-14-22(16-8-11-21(19(27)12-16)34-13-15-6-9-17(26)10-7-15)23(30(32)33)25(29-14)18-4-2-3-5-20(18)28-24(25)31/h2-12,14,22-23,29H,13H2,1H3,(H,28,31)/t14-,22+,23+,25-/m0/s1. The van der Waals surface area contributed by atoms with Gasteiger partial charge in [-0.1, -0.05) is 59.6 Å². The summed E-state index contributed by atoms with van der Waals surface area (Å²) >= 11 is 12.4. The summed E-state index contributed by atoms with van der Waals surface area (Å²) in [7, 11) is 0. The van der Waals surface area contributed by atoms with Gasteiger partial charge < -0.3 is 10.1 Å². The summed E-state index contributed by atoms with van der Waals surface area (Å²) in [6.45, 7) is 2.15. The van der Waals surface area contributed by atoms with Crippen LogP contribution in [0, 0.1) is 10.1 Å². The minimum atomic E-state index is -1.46. The van der Waals surface area contributed by atoms with E-state index in [1.165, 1.54) is 0 Å². The molecule has 5 rings (SSSR count). The molecule has 2 aliphatic rings. The number of carbonyl (C=O) groups excluding carboxylic acids is 1. The molecule has 1 fully saturated rings. The number of ether oxygens (including phenoxy) is 1. The van der Waals surface area contributed by atoms with Gasteiger partial charge in [-0.15, -0.1) is 0 Å². The van der Waals surface area contributed by atoms with Crippen LogP contribution in [0.25, 0.3) is 0 Å². The summed E-state index contributed by atoms with van der Waals surface area (Å²) in [6.07, 6.45) is 0. The molecule has 3 aromatic carbocycles. The molecule has 0 aliphatic carbocycles. The number of fused-ring (bicyclic) bond motifs is 2. The van der Waals surface area contributed by atoms with Gasteiger partial charge in [0.2, 0.25) is 0 Å². The minimum absolute atomic E-state index is 0.301. The molecule has 3 aromatic rings. The predicted molar refractivity (Wildman–Crippen MR) is 130 cm³/mol. The molecule has 0 unspecified atom stereocenters. The van der Waals surface area contributed by atoms with Crippen molar-refractivity contribution in [2.24, 2.45) is 0 Å². The van der Waals surface area contributed by atoms with Gasteiger partial charge in [0, 0.05) is 27.2 Å². The number of nitrogens with zero attached hydrogens (tertiary/aromatic N) is 1. The monoisotopic (exact) mass is 497 g/mol. The van der Waals surface area contributed by atoms with Crippen LogP contribution in [0.5, 0.6) is 5.75 Å². The number of para-hydroxylation sites is 1. The van der Waals surface area contributed by atoms with Crippen molar-refractivity contribution < 1.29 is 14.5 Å². The van der Waals surface area contributed by atoms with E-state index in [0.29, 0.717) is 39.2 Å². The van der Waals surface area contributed by atoms with Crippen molar-refractivity contribution in [2.45, 2.75) is 37.1 Å². The Morgan fingerprint density at radius 2 is 1.82 bits per heavy atom. The number of amides is 1. The highest BCUT2D eigenvalue weighted by Gasteiger charge is 2.67. The highest BCUT2D eigenvalue weighted by atomic mass is 35.5. The number of carbonyl (C=O) groups is 1. The van der Waals surface area contributed by atoms with Crippen LogP contribution in [0.3, 0.4) is 0 Å². The van der Waals surface area contributed by atoms with E-state index in [1.807, 2.05) is 19.1 Å². The van der Waals surface area contributed by atoms with Gasteiger partial charge in [-0.2, -0.15) is 0 Å². The molecule has 174 valence electrons. The summed E-state index contributed by atoms with van der Waals surface area (Å²) in [4.78, 5) is 25.2. The first-order valence-electron chi connectivity index (χ1n) is 10.8. The lowest BCUT2D eigenvalue weighted by Gasteiger charge is -2.25. The Morgan fingerprint density at radius 1 is 1.09 bits per heavy atom. The van der Waals surface area contributed by atoms with Crippen molar-refractivity contribution in [3.8, 4) is 5.75 Å². The van der Waals surface area contributed by atoms with Crippen LogP contribution in [-0.4, -0.2) is 22.9 Å². The lowest BCUT2D eigenvalue weighted by molar-refractivity contribution is -0.532. The number of nitro groups is 1. The number of anilines is 1. The maximum absolute atomic E-state index is 13.1. The molecule has 0 aromatic heterocycles. The zero-order valence-corrected chi connectivity index (χ0v) is 19.6. The number of hydrogen-bond donors (Lipinski definition) is 2. The van der Waals surface area contributed by atoms with Gasteiger partial charge in [-0.05, 0) is 48.4 Å². The average Bonchev–Trinajstić information content (AvgIpc) is 3.28. The van der Waals surface area contributed by atoms with Crippen LogP contribution in [0.15, 0.2) is 66.7 Å². The Bertz CT molecular complexity index is 1280. The third-order valence-electron chi connectivity index (χ3n) is 6.61. The quantitative estimate of drug-likeness (QED) is 0.375. The first-order valence-corrected chi connectivity index (χ1v) is 11.6. The number of nitrogens with one attached hydrogen (secondary N) is 2. The van der Waals surface area contributed by atoms with Crippen molar-refractivity contribution in [3.05, 3.63) is 104 Å². The van der Waals surface area contributed by atoms with E-state index in [1.54, 1.807) is 54.6 Å². The maximum atomic E-state index is 13.1. The zero-order chi connectivity index (χ0) is 24.0. The van der Waals surface area contributed by atoms with Gasteiger partial charge in [0.25, 0.3) is 11.9 Å². The second kappa shape index (κ2) is 8.58. The van der Waals surface area contributed by atoms with Crippen LogP contribution < -0.4 is 15.4 Å². The fourth-order valence-corrected chi connectivity index (χ4v) is 5.51. The van der Waals surface area contributed by atoms with E-state index < -0.39 is 23.4 Å². The van der Waals surface area contributed by atoms with Gasteiger partial charge >= 0.3 is 0 Å².